The minimum absolute atomic E-state index is 0.0316. The Morgan fingerprint density at radius 3 is 2.94 bits per heavy atom. The third-order valence-corrected chi connectivity index (χ3v) is 3.30. The fourth-order valence-corrected chi connectivity index (χ4v) is 2.02. The maximum atomic E-state index is 13.1. The maximum Gasteiger partial charge on any atom is 0.242 e. The van der Waals surface area contributed by atoms with E-state index in [1.807, 2.05) is 0 Å². The quantitative estimate of drug-likeness (QED) is 0.881. The predicted molar refractivity (Wildman–Crippen MR) is 64.4 cm³/mol. The van der Waals surface area contributed by atoms with Gasteiger partial charge < -0.3 is 10.2 Å². The number of nitrogens with zero attached hydrogens (tertiary/aromatic N) is 1. The van der Waals surface area contributed by atoms with E-state index < -0.39 is 11.9 Å². The first kappa shape index (κ1) is 12.8. The molecule has 1 aliphatic rings. The first-order chi connectivity index (χ1) is 8.49. The molecule has 0 bridgehead atoms. The van der Waals surface area contributed by atoms with Crippen molar-refractivity contribution in [3.05, 3.63) is 34.6 Å². The average molecular weight is 271 g/mol. The van der Waals surface area contributed by atoms with Gasteiger partial charge in [-0.05, 0) is 30.7 Å². The van der Waals surface area contributed by atoms with Crippen LogP contribution in [0.25, 0.3) is 0 Å². The van der Waals surface area contributed by atoms with Gasteiger partial charge in [-0.3, -0.25) is 9.59 Å². The van der Waals surface area contributed by atoms with Crippen molar-refractivity contribution in [2.45, 2.75) is 19.5 Å². The van der Waals surface area contributed by atoms with Crippen LogP contribution in [0.4, 0.5) is 4.39 Å². The highest BCUT2D eigenvalue weighted by Gasteiger charge is 2.31. The van der Waals surface area contributed by atoms with E-state index in [-0.39, 0.29) is 24.9 Å². The summed E-state index contributed by atoms with van der Waals surface area (Å²) < 4.78 is 13.1. The molecule has 1 aromatic carbocycles. The van der Waals surface area contributed by atoms with Crippen LogP contribution in [-0.2, 0) is 16.1 Å². The van der Waals surface area contributed by atoms with E-state index in [1.54, 1.807) is 6.92 Å². The lowest BCUT2D eigenvalue weighted by Gasteiger charge is -2.32. The molecule has 1 atom stereocenters. The van der Waals surface area contributed by atoms with E-state index in [2.05, 4.69) is 5.32 Å². The minimum Gasteiger partial charge on any atom is -0.345 e. The van der Waals surface area contributed by atoms with E-state index in [1.165, 1.54) is 23.1 Å². The molecule has 0 radical (unpaired) electrons. The van der Waals surface area contributed by atoms with Crippen molar-refractivity contribution in [2.24, 2.45) is 0 Å². The molecule has 1 unspecified atom stereocenters. The van der Waals surface area contributed by atoms with Gasteiger partial charge in [0.2, 0.25) is 11.8 Å². The number of carbonyl (C=O) groups excluding carboxylic acids is 2. The standard InChI is InChI=1S/C12H12ClFN2O2/c1-7-12(18)15-5-11(17)16(7)6-8-4-9(14)2-3-10(8)13/h2-4,7H,5-6H2,1H3,(H,15,18). The molecule has 0 spiro atoms. The van der Waals surface area contributed by atoms with Gasteiger partial charge in [0.15, 0.2) is 0 Å². The van der Waals surface area contributed by atoms with Crippen LogP contribution in [0.1, 0.15) is 12.5 Å². The molecule has 1 saturated heterocycles. The van der Waals surface area contributed by atoms with Gasteiger partial charge in [-0.15, -0.1) is 0 Å². The maximum absolute atomic E-state index is 13.1. The van der Waals surface area contributed by atoms with Crippen molar-refractivity contribution in [2.75, 3.05) is 6.54 Å². The summed E-state index contributed by atoms with van der Waals surface area (Å²) in [5, 5.41) is 2.86. The van der Waals surface area contributed by atoms with Crippen molar-refractivity contribution >= 4 is 23.4 Å². The van der Waals surface area contributed by atoms with Gasteiger partial charge in [-0.2, -0.15) is 0 Å². The predicted octanol–water partition coefficient (Wildman–Crippen LogP) is 1.33. The molecule has 96 valence electrons. The van der Waals surface area contributed by atoms with Crippen LogP contribution in [-0.4, -0.2) is 29.3 Å². The lowest BCUT2D eigenvalue weighted by Crippen LogP contribution is -2.56. The lowest BCUT2D eigenvalue weighted by molar-refractivity contribution is -0.145. The van der Waals surface area contributed by atoms with Gasteiger partial charge in [0.1, 0.15) is 11.9 Å². The van der Waals surface area contributed by atoms with Crippen molar-refractivity contribution < 1.29 is 14.0 Å². The minimum atomic E-state index is -0.578. The first-order valence-electron chi connectivity index (χ1n) is 5.50. The number of rotatable bonds is 2. The van der Waals surface area contributed by atoms with Gasteiger partial charge in [0, 0.05) is 11.6 Å². The third-order valence-electron chi connectivity index (χ3n) is 2.93. The van der Waals surface area contributed by atoms with E-state index >= 15 is 0 Å². The lowest BCUT2D eigenvalue weighted by atomic mass is 10.1. The van der Waals surface area contributed by atoms with E-state index in [9.17, 15) is 14.0 Å². The van der Waals surface area contributed by atoms with Crippen LogP contribution >= 0.6 is 11.6 Å². The Hall–Kier alpha value is -1.62. The van der Waals surface area contributed by atoms with Crippen LogP contribution in [0.5, 0.6) is 0 Å². The molecule has 1 aromatic rings. The van der Waals surface area contributed by atoms with Crippen LogP contribution < -0.4 is 5.32 Å². The largest absolute Gasteiger partial charge is 0.345 e. The second-order valence-corrected chi connectivity index (χ2v) is 4.56. The van der Waals surface area contributed by atoms with Gasteiger partial charge in [0.25, 0.3) is 0 Å². The zero-order valence-electron chi connectivity index (χ0n) is 9.74. The molecule has 0 aliphatic carbocycles. The monoisotopic (exact) mass is 270 g/mol. The summed E-state index contributed by atoms with van der Waals surface area (Å²) in [4.78, 5) is 24.6. The molecule has 0 saturated carbocycles. The normalized spacial score (nSPS) is 19.9. The van der Waals surface area contributed by atoms with E-state index in [4.69, 9.17) is 11.6 Å². The summed E-state index contributed by atoms with van der Waals surface area (Å²) in [5.41, 5.74) is 0.492. The summed E-state index contributed by atoms with van der Waals surface area (Å²) in [6.07, 6.45) is 0. The summed E-state index contributed by atoms with van der Waals surface area (Å²) >= 11 is 5.94. The Kier molecular flexibility index (Phi) is 3.52. The van der Waals surface area contributed by atoms with Crippen molar-refractivity contribution in [1.29, 1.82) is 0 Å². The highest BCUT2D eigenvalue weighted by molar-refractivity contribution is 6.31. The number of hydrogen-bond donors (Lipinski definition) is 1. The fourth-order valence-electron chi connectivity index (χ4n) is 1.84. The molecule has 1 aliphatic heterocycles. The Labute approximate surface area is 109 Å². The smallest absolute Gasteiger partial charge is 0.242 e. The Morgan fingerprint density at radius 2 is 2.22 bits per heavy atom. The van der Waals surface area contributed by atoms with Crippen LogP contribution in [0, 0.1) is 5.82 Å². The van der Waals surface area contributed by atoms with Crippen molar-refractivity contribution in [1.82, 2.24) is 10.2 Å². The van der Waals surface area contributed by atoms with E-state index in [0.717, 1.165) is 0 Å². The zero-order chi connectivity index (χ0) is 13.3. The summed E-state index contributed by atoms with van der Waals surface area (Å²) in [6.45, 7) is 1.72. The average Bonchev–Trinajstić information content (AvgIpc) is 2.34. The summed E-state index contributed by atoms with van der Waals surface area (Å²) in [7, 11) is 0. The molecule has 6 heteroatoms. The molecule has 2 rings (SSSR count). The molecular formula is C12H12ClFN2O2. The number of hydrogen-bond acceptors (Lipinski definition) is 2. The number of halogens is 2. The number of amides is 2. The molecule has 1 heterocycles. The van der Waals surface area contributed by atoms with Gasteiger partial charge in [-0.25, -0.2) is 4.39 Å². The van der Waals surface area contributed by atoms with E-state index in [0.29, 0.717) is 10.6 Å². The van der Waals surface area contributed by atoms with Gasteiger partial charge in [-0.1, -0.05) is 11.6 Å². The van der Waals surface area contributed by atoms with Gasteiger partial charge >= 0.3 is 0 Å². The molecule has 1 N–H and O–H groups in total. The molecule has 4 nitrogen and oxygen atoms in total. The third kappa shape index (κ3) is 2.46. The number of piperazine rings is 1. The topological polar surface area (TPSA) is 49.4 Å². The second-order valence-electron chi connectivity index (χ2n) is 4.15. The number of carbonyl (C=O) groups is 2. The SMILES string of the molecule is CC1C(=O)NCC(=O)N1Cc1cc(F)ccc1Cl. The summed E-state index contributed by atoms with van der Waals surface area (Å²) in [6, 6.07) is 3.38. The number of nitrogens with one attached hydrogen (secondary N) is 1. The Morgan fingerprint density at radius 1 is 1.50 bits per heavy atom. The Balaban J connectivity index is 2.23. The summed E-state index contributed by atoms with van der Waals surface area (Å²) in [5.74, 6) is -0.847. The second kappa shape index (κ2) is 4.94. The van der Waals surface area contributed by atoms with Crippen molar-refractivity contribution in [3.8, 4) is 0 Å². The van der Waals surface area contributed by atoms with Crippen LogP contribution in [0.15, 0.2) is 18.2 Å². The van der Waals surface area contributed by atoms with Crippen LogP contribution in [0.2, 0.25) is 5.02 Å². The molecule has 18 heavy (non-hydrogen) atoms. The Bertz CT molecular complexity index is 507. The van der Waals surface area contributed by atoms with Gasteiger partial charge in [0.05, 0.1) is 6.54 Å². The highest BCUT2D eigenvalue weighted by Crippen LogP contribution is 2.20. The molecule has 1 fully saturated rings. The zero-order valence-corrected chi connectivity index (χ0v) is 10.5. The number of benzene rings is 1. The van der Waals surface area contributed by atoms with Crippen molar-refractivity contribution in [3.63, 3.8) is 0 Å². The molecule has 0 aromatic heterocycles. The fraction of sp³-hybridized carbons (Fsp3) is 0.333. The molecule has 2 amide bonds. The highest BCUT2D eigenvalue weighted by atomic mass is 35.5. The molecular weight excluding hydrogens is 259 g/mol. The first-order valence-corrected chi connectivity index (χ1v) is 5.88. The van der Waals surface area contributed by atoms with Crippen LogP contribution in [0.3, 0.4) is 0 Å².